The van der Waals surface area contributed by atoms with E-state index in [1.54, 1.807) is 0 Å². The van der Waals surface area contributed by atoms with Crippen LogP contribution in [0.4, 0.5) is 5.69 Å². The van der Waals surface area contributed by atoms with Gasteiger partial charge in [0.1, 0.15) is 0 Å². The minimum atomic E-state index is 0.0178. The molecule has 0 spiro atoms. The summed E-state index contributed by atoms with van der Waals surface area (Å²) >= 11 is 0. The van der Waals surface area contributed by atoms with E-state index >= 15 is 0 Å². The maximum Gasteiger partial charge on any atom is 0.224 e. The summed E-state index contributed by atoms with van der Waals surface area (Å²) in [5.41, 5.74) is 8.00. The highest BCUT2D eigenvalue weighted by Crippen LogP contribution is 2.19. The quantitative estimate of drug-likeness (QED) is 0.787. The van der Waals surface area contributed by atoms with Gasteiger partial charge in [-0.2, -0.15) is 5.10 Å². The summed E-state index contributed by atoms with van der Waals surface area (Å²) in [5, 5.41) is 7.50. The van der Waals surface area contributed by atoms with Crippen LogP contribution in [-0.4, -0.2) is 20.5 Å². The summed E-state index contributed by atoms with van der Waals surface area (Å²) in [6.45, 7) is 10.0. The molecule has 0 saturated heterocycles. The second kappa shape index (κ2) is 6.67. The average molecular weight is 336 g/mol. The Hall–Kier alpha value is -2.69. The monoisotopic (exact) mass is 336 g/mol. The molecular weight excluding hydrogens is 312 g/mol. The molecule has 0 bridgehead atoms. The number of nitrogens with zero attached hydrogens (tertiary/aromatic N) is 3. The molecule has 5 nitrogen and oxygen atoms in total. The van der Waals surface area contributed by atoms with Crippen LogP contribution in [0.15, 0.2) is 24.3 Å². The number of benzene rings is 1. The molecule has 130 valence electrons. The summed E-state index contributed by atoms with van der Waals surface area (Å²) in [7, 11) is 0. The van der Waals surface area contributed by atoms with Gasteiger partial charge in [-0.25, -0.2) is 9.50 Å². The molecule has 0 unspecified atom stereocenters. The molecule has 5 heteroatoms. The van der Waals surface area contributed by atoms with Crippen LogP contribution in [0.1, 0.15) is 40.2 Å². The number of aryl methyl sites for hydroxylation is 5. The van der Waals surface area contributed by atoms with Gasteiger partial charge in [-0.1, -0.05) is 12.1 Å². The van der Waals surface area contributed by atoms with Crippen LogP contribution in [0.2, 0.25) is 0 Å². The molecule has 0 radical (unpaired) electrons. The van der Waals surface area contributed by atoms with Crippen LogP contribution in [-0.2, 0) is 11.2 Å². The molecule has 3 rings (SSSR count). The number of anilines is 1. The molecule has 0 saturated carbocycles. The van der Waals surface area contributed by atoms with Crippen LogP contribution < -0.4 is 5.32 Å². The van der Waals surface area contributed by atoms with Crippen LogP contribution in [0.3, 0.4) is 0 Å². The summed E-state index contributed by atoms with van der Waals surface area (Å²) < 4.78 is 1.86. The SMILES string of the molecule is Cc1ccc(C)c(NC(=O)CCc2c(C)nc3cc(C)nn3c2C)c1. The smallest absolute Gasteiger partial charge is 0.224 e. The predicted molar refractivity (Wildman–Crippen MR) is 100 cm³/mol. The van der Waals surface area contributed by atoms with Gasteiger partial charge in [0, 0.05) is 29.6 Å². The van der Waals surface area contributed by atoms with Crippen LogP contribution in [0, 0.1) is 34.6 Å². The number of hydrogen-bond acceptors (Lipinski definition) is 3. The molecule has 0 aliphatic heterocycles. The van der Waals surface area contributed by atoms with Crippen LogP contribution in [0.5, 0.6) is 0 Å². The lowest BCUT2D eigenvalue weighted by Gasteiger charge is -2.12. The largest absolute Gasteiger partial charge is 0.326 e. The fourth-order valence-electron chi connectivity index (χ4n) is 3.12. The van der Waals surface area contributed by atoms with Gasteiger partial charge in [0.2, 0.25) is 5.91 Å². The third-order valence-electron chi connectivity index (χ3n) is 4.56. The molecule has 3 aromatic rings. The Balaban J connectivity index is 1.76. The topological polar surface area (TPSA) is 59.3 Å². The van der Waals surface area contributed by atoms with E-state index in [0.717, 1.165) is 45.1 Å². The first-order chi connectivity index (χ1) is 11.8. The number of fused-ring (bicyclic) bond motifs is 1. The zero-order valence-electron chi connectivity index (χ0n) is 15.5. The Morgan fingerprint density at radius 1 is 1.12 bits per heavy atom. The number of nitrogens with one attached hydrogen (secondary N) is 1. The highest BCUT2D eigenvalue weighted by molar-refractivity contribution is 5.91. The van der Waals surface area contributed by atoms with E-state index in [0.29, 0.717) is 12.8 Å². The normalized spacial score (nSPS) is 11.1. The van der Waals surface area contributed by atoms with Crippen molar-refractivity contribution in [3.8, 4) is 0 Å². The number of amides is 1. The second-order valence-corrected chi connectivity index (χ2v) is 6.68. The minimum absolute atomic E-state index is 0.0178. The highest BCUT2D eigenvalue weighted by Gasteiger charge is 2.13. The lowest BCUT2D eigenvalue weighted by atomic mass is 10.1. The van der Waals surface area contributed by atoms with Crippen LogP contribution >= 0.6 is 0 Å². The molecule has 0 fully saturated rings. The Morgan fingerprint density at radius 3 is 2.64 bits per heavy atom. The van der Waals surface area contributed by atoms with Crippen molar-refractivity contribution in [1.82, 2.24) is 14.6 Å². The first-order valence-corrected chi connectivity index (χ1v) is 8.54. The fourth-order valence-corrected chi connectivity index (χ4v) is 3.12. The standard InChI is InChI=1S/C20H24N4O/c1-12-6-7-13(2)18(10-12)22-20(25)9-8-17-15(4)21-19-11-14(3)23-24(19)16(17)5/h6-7,10-11H,8-9H2,1-5H3,(H,22,25). The Labute approximate surface area is 148 Å². The van der Waals surface area contributed by atoms with E-state index in [2.05, 4.69) is 15.4 Å². The first kappa shape index (κ1) is 17.1. The van der Waals surface area contributed by atoms with Crippen molar-refractivity contribution in [2.24, 2.45) is 0 Å². The number of carbonyl (C=O) groups excluding carboxylic acids is 1. The lowest BCUT2D eigenvalue weighted by Crippen LogP contribution is -2.15. The average Bonchev–Trinajstić information content (AvgIpc) is 2.91. The van der Waals surface area contributed by atoms with E-state index in [4.69, 9.17) is 0 Å². The molecule has 1 aromatic carbocycles. The molecule has 1 N–H and O–H groups in total. The maximum atomic E-state index is 12.4. The van der Waals surface area contributed by atoms with Gasteiger partial charge in [-0.15, -0.1) is 0 Å². The van der Waals surface area contributed by atoms with Crippen molar-refractivity contribution >= 4 is 17.2 Å². The summed E-state index contributed by atoms with van der Waals surface area (Å²) in [5.74, 6) is 0.0178. The Bertz CT molecular complexity index is 956. The highest BCUT2D eigenvalue weighted by atomic mass is 16.1. The molecular formula is C20H24N4O. The predicted octanol–water partition coefficient (Wildman–Crippen LogP) is 3.84. The van der Waals surface area contributed by atoms with Gasteiger partial charge in [0.25, 0.3) is 0 Å². The molecule has 0 aliphatic rings. The summed E-state index contributed by atoms with van der Waals surface area (Å²) in [6.07, 6.45) is 1.07. The molecule has 2 aromatic heterocycles. The molecule has 1 amide bonds. The number of carbonyl (C=O) groups is 1. The van der Waals surface area contributed by atoms with Gasteiger partial charge < -0.3 is 5.32 Å². The van der Waals surface area contributed by atoms with E-state index in [9.17, 15) is 4.79 Å². The van der Waals surface area contributed by atoms with Gasteiger partial charge in [0.05, 0.1) is 5.69 Å². The minimum Gasteiger partial charge on any atom is -0.326 e. The van der Waals surface area contributed by atoms with Crippen molar-refractivity contribution in [3.63, 3.8) is 0 Å². The Morgan fingerprint density at radius 2 is 1.88 bits per heavy atom. The van der Waals surface area contributed by atoms with Crippen molar-refractivity contribution in [2.45, 2.75) is 47.5 Å². The third-order valence-corrected chi connectivity index (χ3v) is 4.56. The van der Waals surface area contributed by atoms with Crippen LogP contribution in [0.25, 0.3) is 5.65 Å². The van der Waals surface area contributed by atoms with Gasteiger partial charge >= 0.3 is 0 Å². The van der Waals surface area contributed by atoms with E-state index in [1.807, 2.05) is 63.4 Å². The number of rotatable bonds is 4. The summed E-state index contributed by atoms with van der Waals surface area (Å²) in [6, 6.07) is 8.04. The van der Waals surface area contributed by atoms with Gasteiger partial charge in [-0.05, 0) is 63.8 Å². The second-order valence-electron chi connectivity index (χ2n) is 6.68. The molecule has 2 heterocycles. The maximum absolute atomic E-state index is 12.4. The zero-order valence-corrected chi connectivity index (χ0v) is 15.5. The van der Waals surface area contributed by atoms with Crippen molar-refractivity contribution in [1.29, 1.82) is 0 Å². The van der Waals surface area contributed by atoms with Gasteiger partial charge in [-0.3, -0.25) is 4.79 Å². The lowest BCUT2D eigenvalue weighted by molar-refractivity contribution is -0.116. The molecule has 0 aliphatic carbocycles. The summed E-state index contributed by atoms with van der Waals surface area (Å²) in [4.78, 5) is 17.0. The van der Waals surface area contributed by atoms with Crippen molar-refractivity contribution in [2.75, 3.05) is 5.32 Å². The number of aromatic nitrogens is 3. The molecule has 0 atom stereocenters. The first-order valence-electron chi connectivity index (χ1n) is 8.54. The zero-order chi connectivity index (χ0) is 18.1. The fraction of sp³-hybridized carbons (Fsp3) is 0.350. The molecule has 25 heavy (non-hydrogen) atoms. The van der Waals surface area contributed by atoms with Crippen molar-refractivity contribution in [3.05, 3.63) is 58.0 Å². The van der Waals surface area contributed by atoms with Gasteiger partial charge in [0.15, 0.2) is 5.65 Å². The van der Waals surface area contributed by atoms with Crippen molar-refractivity contribution < 1.29 is 4.79 Å². The Kier molecular flexibility index (Phi) is 4.57. The van der Waals surface area contributed by atoms with E-state index in [-0.39, 0.29) is 5.91 Å². The third kappa shape index (κ3) is 3.55. The number of hydrogen-bond donors (Lipinski definition) is 1. The van der Waals surface area contributed by atoms with E-state index < -0.39 is 0 Å². The van der Waals surface area contributed by atoms with E-state index in [1.165, 1.54) is 0 Å².